The van der Waals surface area contributed by atoms with Gasteiger partial charge in [-0.05, 0) is 57.2 Å². The number of hydrogen-bond acceptors (Lipinski definition) is 3. The molecule has 2 unspecified atom stereocenters. The quantitative estimate of drug-likeness (QED) is 0.598. The molecule has 2 aromatic carbocycles. The monoisotopic (exact) mass is 410 g/mol. The molecule has 3 N–H and O–H groups in total. The summed E-state index contributed by atoms with van der Waals surface area (Å²) in [4.78, 5) is 15.7. The molecule has 30 heavy (non-hydrogen) atoms. The predicted molar refractivity (Wildman–Crippen MR) is 124 cm³/mol. The second-order valence-corrected chi connectivity index (χ2v) is 9.41. The molecule has 164 valence electrons. The Morgan fingerprint density at radius 3 is 1.83 bits per heavy atom. The average Bonchev–Trinajstić information content (AvgIpc) is 2.69. The molecule has 0 bridgehead atoms. The van der Waals surface area contributed by atoms with Crippen molar-refractivity contribution >= 4 is 5.91 Å². The lowest BCUT2D eigenvalue weighted by atomic mass is 9.55. The zero-order valence-electron chi connectivity index (χ0n) is 19.3. The van der Waals surface area contributed by atoms with Crippen LogP contribution in [0.25, 0.3) is 0 Å². The van der Waals surface area contributed by atoms with Crippen molar-refractivity contribution in [3.63, 3.8) is 0 Å². The number of aliphatic hydroxyl groups is 1. The summed E-state index contributed by atoms with van der Waals surface area (Å²) >= 11 is 0. The smallest absolute Gasteiger partial charge is 0.231 e. The van der Waals surface area contributed by atoms with E-state index in [1.807, 2.05) is 60.7 Å². The topological polar surface area (TPSA) is 66.6 Å². The maximum Gasteiger partial charge on any atom is 0.231 e. The lowest BCUT2D eigenvalue weighted by Crippen LogP contribution is -2.57. The summed E-state index contributed by atoms with van der Waals surface area (Å²) in [6.07, 6.45) is -0.342. The number of carbonyl (C=O) groups excluding carboxylic acids is 1. The van der Waals surface area contributed by atoms with Crippen LogP contribution in [0.2, 0.25) is 0 Å². The summed E-state index contributed by atoms with van der Waals surface area (Å²) in [5.41, 5.74) is 5.72. The Hall–Kier alpha value is -2.17. The van der Waals surface area contributed by atoms with Gasteiger partial charge in [-0.1, -0.05) is 74.5 Å². The van der Waals surface area contributed by atoms with E-state index in [1.54, 1.807) is 0 Å². The van der Waals surface area contributed by atoms with E-state index in [9.17, 15) is 9.90 Å². The lowest BCUT2D eigenvalue weighted by molar-refractivity contribution is -0.136. The van der Waals surface area contributed by atoms with Crippen LogP contribution in [0.5, 0.6) is 0 Å². The van der Waals surface area contributed by atoms with Crippen LogP contribution in [-0.2, 0) is 10.2 Å². The second-order valence-electron chi connectivity index (χ2n) is 9.41. The van der Waals surface area contributed by atoms with Crippen molar-refractivity contribution < 1.29 is 9.90 Å². The molecule has 0 spiro atoms. The minimum absolute atomic E-state index is 0.388. The van der Waals surface area contributed by atoms with Gasteiger partial charge in [0, 0.05) is 12.1 Å². The number of nitrogens with zero attached hydrogens (tertiary/aromatic N) is 1. The Morgan fingerprint density at radius 1 is 0.933 bits per heavy atom. The molecule has 1 amide bonds. The summed E-state index contributed by atoms with van der Waals surface area (Å²) in [7, 11) is 0. The van der Waals surface area contributed by atoms with Crippen molar-refractivity contribution in [1.29, 1.82) is 0 Å². The molecular formula is C26H38N2O2. The first-order valence-electron chi connectivity index (χ1n) is 10.9. The van der Waals surface area contributed by atoms with Crippen LogP contribution in [0.4, 0.5) is 0 Å². The fourth-order valence-electron chi connectivity index (χ4n) is 4.83. The molecule has 0 heterocycles. The molecule has 0 aliphatic heterocycles. The molecule has 2 aromatic rings. The SMILES string of the molecule is CC(C)N(CCC(C)(C)C(C(N)=O)(c1ccccc1)C(O)c1ccccc1)C(C)C. The van der Waals surface area contributed by atoms with Gasteiger partial charge in [-0.3, -0.25) is 9.69 Å². The van der Waals surface area contributed by atoms with E-state index in [1.165, 1.54) is 0 Å². The van der Waals surface area contributed by atoms with E-state index in [-0.39, 0.29) is 0 Å². The number of amides is 1. The molecule has 0 aliphatic carbocycles. The van der Waals surface area contributed by atoms with Crippen molar-refractivity contribution in [2.24, 2.45) is 11.1 Å². The molecule has 0 aliphatic rings. The van der Waals surface area contributed by atoms with Gasteiger partial charge in [-0.15, -0.1) is 0 Å². The Bertz CT molecular complexity index is 794. The molecule has 0 radical (unpaired) electrons. The fraction of sp³-hybridized carbons (Fsp3) is 0.500. The van der Waals surface area contributed by atoms with Gasteiger partial charge in [-0.25, -0.2) is 0 Å². The standard InChI is InChI=1S/C26H38N2O2/c1-19(2)28(20(3)4)18-17-25(5,6)26(24(27)30,22-15-11-8-12-16-22)23(29)21-13-9-7-10-14-21/h7-16,19-20,23,29H,17-18H2,1-6H3,(H2,27,30). The zero-order valence-corrected chi connectivity index (χ0v) is 19.3. The van der Waals surface area contributed by atoms with E-state index in [0.717, 1.165) is 12.1 Å². The van der Waals surface area contributed by atoms with Gasteiger partial charge in [0.1, 0.15) is 5.41 Å². The third-order valence-corrected chi connectivity index (χ3v) is 6.53. The van der Waals surface area contributed by atoms with E-state index in [2.05, 4.69) is 46.4 Å². The highest BCUT2D eigenvalue weighted by Crippen LogP contribution is 2.52. The third kappa shape index (κ3) is 4.60. The van der Waals surface area contributed by atoms with E-state index in [4.69, 9.17) is 5.73 Å². The summed E-state index contributed by atoms with van der Waals surface area (Å²) < 4.78 is 0. The maximum atomic E-state index is 13.2. The Kier molecular flexibility index (Phi) is 7.84. The first kappa shape index (κ1) is 24.1. The van der Waals surface area contributed by atoms with E-state index >= 15 is 0 Å². The summed E-state index contributed by atoms with van der Waals surface area (Å²) in [6, 6.07) is 19.7. The van der Waals surface area contributed by atoms with Gasteiger partial charge >= 0.3 is 0 Å². The van der Waals surface area contributed by atoms with Crippen LogP contribution in [0.15, 0.2) is 60.7 Å². The number of hydrogen-bond donors (Lipinski definition) is 2. The third-order valence-electron chi connectivity index (χ3n) is 6.53. The molecule has 0 saturated carbocycles. The van der Waals surface area contributed by atoms with Crippen molar-refractivity contribution in [3.05, 3.63) is 71.8 Å². The minimum Gasteiger partial charge on any atom is -0.387 e. The largest absolute Gasteiger partial charge is 0.387 e. The van der Waals surface area contributed by atoms with Crippen LogP contribution in [-0.4, -0.2) is 34.5 Å². The normalized spacial score (nSPS) is 15.4. The minimum atomic E-state index is -1.27. The van der Waals surface area contributed by atoms with Crippen LogP contribution < -0.4 is 5.73 Å². The summed E-state index contributed by atoms with van der Waals surface area (Å²) in [5, 5.41) is 11.7. The average molecular weight is 411 g/mol. The number of rotatable bonds is 10. The number of carbonyl (C=O) groups is 1. The van der Waals surface area contributed by atoms with E-state index < -0.39 is 22.8 Å². The number of primary amides is 1. The summed E-state index contributed by atoms with van der Waals surface area (Å²) in [6.45, 7) is 13.7. The molecule has 0 saturated heterocycles. The number of benzene rings is 2. The predicted octanol–water partition coefficient (Wildman–Crippen LogP) is 4.68. The maximum absolute atomic E-state index is 13.2. The number of nitrogens with two attached hydrogens (primary N) is 1. The van der Waals surface area contributed by atoms with Crippen molar-refractivity contribution in [2.75, 3.05) is 6.54 Å². The molecule has 0 fully saturated rings. The number of aliphatic hydroxyl groups excluding tert-OH is 1. The molecule has 4 heteroatoms. The van der Waals surface area contributed by atoms with Crippen molar-refractivity contribution in [2.45, 2.75) is 71.6 Å². The van der Waals surface area contributed by atoms with Crippen LogP contribution in [0.1, 0.15) is 65.2 Å². The summed E-state index contributed by atoms with van der Waals surface area (Å²) in [5.74, 6) is -0.504. The first-order chi connectivity index (χ1) is 14.1. The van der Waals surface area contributed by atoms with Crippen molar-refractivity contribution in [1.82, 2.24) is 4.90 Å². The lowest BCUT2D eigenvalue weighted by Gasteiger charge is -2.49. The highest BCUT2D eigenvalue weighted by atomic mass is 16.3. The molecular weight excluding hydrogens is 372 g/mol. The first-order valence-corrected chi connectivity index (χ1v) is 10.9. The fourth-order valence-corrected chi connectivity index (χ4v) is 4.83. The zero-order chi connectivity index (χ0) is 22.5. The van der Waals surface area contributed by atoms with Crippen molar-refractivity contribution in [3.8, 4) is 0 Å². The van der Waals surface area contributed by atoms with Crippen LogP contribution in [0.3, 0.4) is 0 Å². The van der Waals surface area contributed by atoms with Crippen LogP contribution >= 0.6 is 0 Å². The molecule has 2 atom stereocenters. The van der Waals surface area contributed by atoms with Gasteiger partial charge in [-0.2, -0.15) is 0 Å². The highest BCUT2D eigenvalue weighted by Gasteiger charge is 2.56. The molecule has 2 rings (SSSR count). The highest BCUT2D eigenvalue weighted by molar-refractivity contribution is 5.89. The molecule has 4 nitrogen and oxygen atoms in total. The van der Waals surface area contributed by atoms with Gasteiger partial charge in [0.2, 0.25) is 5.91 Å². The van der Waals surface area contributed by atoms with Gasteiger partial charge in [0.15, 0.2) is 0 Å². The Morgan fingerprint density at radius 2 is 1.40 bits per heavy atom. The second kappa shape index (κ2) is 9.76. The Labute approximate surface area is 182 Å². The van der Waals surface area contributed by atoms with Gasteiger partial charge < -0.3 is 10.8 Å². The Balaban J connectivity index is 2.61. The van der Waals surface area contributed by atoms with E-state index in [0.29, 0.717) is 24.1 Å². The van der Waals surface area contributed by atoms with Crippen LogP contribution in [0, 0.1) is 5.41 Å². The van der Waals surface area contributed by atoms with Gasteiger partial charge in [0.05, 0.1) is 6.10 Å². The van der Waals surface area contributed by atoms with Gasteiger partial charge in [0.25, 0.3) is 0 Å². The molecule has 0 aromatic heterocycles.